The normalized spacial score (nSPS) is 21.1. The summed E-state index contributed by atoms with van der Waals surface area (Å²) in [7, 11) is 0. The van der Waals surface area contributed by atoms with Crippen LogP contribution in [-0.4, -0.2) is 12.1 Å². The van der Waals surface area contributed by atoms with E-state index >= 15 is 0 Å². The summed E-state index contributed by atoms with van der Waals surface area (Å²) in [6, 6.07) is 8.48. The molecule has 1 atom stereocenters. The van der Waals surface area contributed by atoms with E-state index in [0.717, 1.165) is 29.0 Å². The Balaban J connectivity index is 0.000000963. The van der Waals surface area contributed by atoms with Gasteiger partial charge in [-0.25, -0.2) is 4.79 Å². The average Bonchev–Trinajstić information content (AvgIpc) is 2.96. The molecule has 4 heteroatoms. The van der Waals surface area contributed by atoms with E-state index in [1.54, 1.807) is 0 Å². The zero-order chi connectivity index (χ0) is 10.3. The number of carbonyl (C=O) groups excluding carboxylic acids is 1. The van der Waals surface area contributed by atoms with Crippen molar-refractivity contribution in [2.45, 2.75) is 18.9 Å². The Morgan fingerprint density at radius 3 is 2.81 bits per heavy atom. The summed E-state index contributed by atoms with van der Waals surface area (Å²) >= 11 is 0. The van der Waals surface area contributed by atoms with Crippen LogP contribution >= 0.6 is 0 Å². The van der Waals surface area contributed by atoms with Crippen molar-refractivity contribution in [3.8, 4) is 0 Å². The summed E-state index contributed by atoms with van der Waals surface area (Å²) in [6.07, 6.45) is 6.16. The summed E-state index contributed by atoms with van der Waals surface area (Å²) < 4.78 is 0. The van der Waals surface area contributed by atoms with Gasteiger partial charge in [-0.15, -0.1) is 0 Å². The number of amides is 2. The van der Waals surface area contributed by atoms with Gasteiger partial charge in [0.1, 0.15) is 6.20 Å². The third-order valence-electron chi connectivity index (χ3n) is 2.84. The highest BCUT2D eigenvalue weighted by Gasteiger charge is 2.31. The number of fused-ring (bicyclic) bond motifs is 1. The minimum absolute atomic E-state index is 0. The van der Waals surface area contributed by atoms with Crippen LogP contribution in [0.4, 0.5) is 10.5 Å². The van der Waals surface area contributed by atoms with Gasteiger partial charge >= 0.3 is 6.03 Å². The highest BCUT2D eigenvalue weighted by Crippen LogP contribution is 2.19. The number of urea groups is 1. The Hall–Kier alpha value is -1.13. The first-order valence-corrected chi connectivity index (χ1v) is 5.30. The highest BCUT2D eigenvalue weighted by atomic mass is 79.9. The highest BCUT2D eigenvalue weighted by molar-refractivity contribution is 5.75. The second kappa shape index (κ2) is 4.39. The molecule has 2 N–H and O–H groups in total. The lowest BCUT2D eigenvalue weighted by molar-refractivity contribution is -0.676. The molecule has 0 radical (unpaired) electrons. The molecule has 0 spiro atoms. The molecule has 1 aromatic rings. The van der Waals surface area contributed by atoms with Gasteiger partial charge in [-0.2, -0.15) is 4.90 Å². The van der Waals surface area contributed by atoms with Crippen molar-refractivity contribution in [3.63, 3.8) is 0 Å². The van der Waals surface area contributed by atoms with Crippen molar-refractivity contribution in [2.24, 2.45) is 0 Å². The molecule has 16 heavy (non-hydrogen) atoms. The van der Waals surface area contributed by atoms with E-state index in [0.29, 0.717) is 6.04 Å². The summed E-state index contributed by atoms with van der Waals surface area (Å²) in [5, 5.41) is 3.01. The van der Waals surface area contributed by atoms with Gasteiger partial charge in [0.25, 0.3) is 0 Å². The zero-order valence-electron chi connectivity index (χ0n) is 8.74. The average molecular weight is 281 g/mol. The molecule has 0 bridgehead atoms. The molecule has 1 aliphatic heterocycles. The topological polar surface area (TPSA) is 33.5 Å². The van der Waals surface area contributed by atoms with Gasteiger partial charge in [0.15, 0.2) is 5.69 Å². The van der Waals surface area contributed by atoms with Crippen LogP contribution < -0.4 is 27.2 Å². The lowest BCUT2D eigenvalue weighted by atomic mass is 10.2. The van der Waals surface area contributed by atoms with Crippen molar-refractivity contribution >= 4 is 17.8 Å². The standard InChI is InChI=1S/C12H12N2O.BrH/c15-12(13-10-5-6-10)14-8-7-9-3-1-2-4-11(9)14;/h1-4,7-8,10H,5-6H2,(H,13,15);1H. The van der Waals surface area contributed by atoms with Gasteiger partial charge in [-0.1, -0.05) is 12.1 Å². The zero-order valence-corrected chi connectivity index (χ0v) is 10.3. The van der Waals surface area contributed by atoms with Crippen molar-refractivity contribution in [1.82, 2.24) is 5.32 Å². The van der Waals surface area contributed by atoms with E-state index in [1.807, 2.05) is 36.5 Å². The van der Waals surface area contributed by atoms with Gasteiger partial charge in [-0.3, -0.25) is 0 Å². The van der Waals surface area contributed by atoms with Gasteiger partial charge < -0.3 is 22.3 Å². The van der Waals surface area contributed by atoms with E-state index in [4.69, 9.17) is 0 Å². The molecule has 1 unspecified atom stereocenters. The van der Waals surface area contributed by atoms with Gasteiger partial charge in [0.2, 0.25) is 0 Å². The number of carbonyl (C=O) groups is 1. The third kappa shape index (κ3) is 2.03. The van der Waals surface area contributed by atoms with Crippen LogP contribution in [0.25, 0.3) is 6.08 Å². The van der Waals surface area contributed by atoms with Crippen LogP contribution in [-0.2, 0) is 0 Å². The number of nitrogens with one attached hydrogen (secondary N) is 2. The van der Waals surface area contributed by atoms with Crippen molar-refractivity contribution < 1.29 is 26.7 Å². The van der Waals surface area contributed by atoms with E-state index in [2.05, 4.69) is 5.32 Å². The molecule has 1 heterocycles. The largest absolute Gasteiger partial charge is 1.00 e. The molecule has 1 fully saturated rings. The molecule has 0 aromatic heterocycles. The first-order chi connectivity index (χ1) is 7.34. The minimum atomic E-state index is 0. The molecule has 1 saturated carbocycles. The van der Waals surface area contributed by atoms with Crippen molar-refractivity contribution in [3.05, 3.63) is 36.0 Å². The van der Waals surface area contributed by atoms with Crippen molar-refractivity contribution in [2.75, 3.05) is 0 Å². The van der Waals surface area contributed by atoms with Crippen molar-refractivity contribution in [1.29, 1.82) is 0 Å². The molecule has 1 aliphatic carbocycles. The molecule has 3 nitrogen and oxygen atoms in total. The molecule has 1 aromatic carbocycles. The summed E-state index contributed by atoms with van der Waals surface area (Å²) in [5.41, 5.74) is 2.19. The van der Waals surface area contributed by atoms with E-state index in [9.17, 15) is 4.79 Å². The SMILES string of the molecule is O=C(NC1CC1)[NH+]1C=Cc2ccccc21.[Br-]. The summed E-state index contributed by atoms with van der Waals surface area (Å²) in [5.74, 6) is 0. The molecule has 0 saturated heterocycles. The van der Waals surface area contributed by atoms with Crippen LogP contribution in [0.3, 0.4) is 0 Å². The third-order valence-corrected chi connectivity index (χ3v) is 2.84. The number of hydrogen-bond acceptors (Lipinski definition) is 1. The van der Waals surface area contributed by atoms with E-state index in [-0.39, 0.29) is 23.0 Å². The Morgan fingerprint density at radius 2 is 2.06 bits per heavy atom. The lowest BCUT2D eigenvalue weighted by Crippen LogP contribution is -3.06. The first-order valence-electron chi connectivity index (χ1n) is 5.30. The predicted octanol–water partition coefficient (Wildman–Crippen LogP) is -1.94. The fourth-order valence-corrected chi connectivity index (χ4v) is 1.84. The second-order valence-corrected chi connectivity index (χ2v) is 4.08. The lowest BCUT2D eigenvalue weighted by Gasteiger charge is -2.09. The monoisotopic (exact) mass is 280 g/mol. The minimum Gasteiger partial charge on any atom is -1.00 e. The van der Waals surface area contributed by atoms with Gasteiger partial charge in [0.05, 0.1) is 0 Å². The van der Waals surface area contributed by atoms with Crippen LogP contribution in [0, 0.1) is 0 Å². The number of para-hydroxylation sites is 1. The number of rotatable bonds is 1. The van der Waals surface area contributed by atoms with Crippen LogP contribution in [0.15, 0.2) is 30.5 Å². The van der Waals surface area contributed by atoms with Gasteiger partial charge in [0, 0.05) is 23.7 Å². The Morgan fingerprint density at radius 1 is 1.31 bits per heavy atom. The Bertz CT molecular complexity index is 440. The van der Waals surface area contributed by atoms with Crippen LogP contribution in [0.5, 0.6) is 0 Å². The Labute approximate surface area is 105 Å². The predicted molar refractivity (Wildman–Crippen MR) is 57.7 cm³/mol. The van der Waals surface area contributed by atoms with E-state index in [1.165, 1.54) is 0 Å². The number of halogens is 1. The smallest absolute Gasteiger partial charge is 0.424 e. The summed E-state index contributed by atoms with van der Waals surface area (Å²) in [4.78, 5) is 12.7. The van der Waals surface area contributed by atoms with E-state index < -0.39 is 0 Å². The van der Waals surface area contributed by atoms with Gasteiger partial charge in [-0.05, 0) is 18.9 Å². The van der Waals surface area contributed by atoms with Crippen LogP contribution in [0.2, 0.25) is 0 Å². The molecule has 2 aliphatic rings. The maximum Gasteiger partial charge on any atom is 0.424 e. The molecular formula is C12H13BrN2O. The fourth-order valence-electron chi connectivity index (χ4n) is 1.84. The number of hydrogen-bond donors (Lipinski definition) is 2. The Kier molecular flexibility index (Phi) is 3.12. The maximum atomic E-state index is 11.9. The molecule has 3 rings (SSSR count). The van der Waals surface area contributed by atoms with Crippen LogP contribution in [0.1, 0.15) is 18.4 Å². The second-order valence-electron chi connectivity index (χ2n) is 4.08. The maximum absolute atomic E-state index is 11.9. The fraction of sp³-hybridized carbons (Fsp3) is 0.250. The molecule has 2 amide bonds. The molecule has 84 valence electrons. The summed E-state index contributed by atoms with van der Waals surface area (Å²) in [6.45, 7) is 0. The quantitative estimate of drug-likeness (QED) is 0.617. The number of quaternary nitrogens is 1. The molecular weight excluding hydrogens is 268 g/mol. The first kappa shape index (κ1) is 11.4. The number of benzene rings is 1.